The van der Waals surface area contributed by atoms with Crippen molar-refractivity contribution in [3.63, 3.8) is 0 Å². The van der Waals surface area contributed by atoms with Gasteiger partial charge in [0.2, 0.25) is 0 Å². The van der Waals surface area contributed by atoms with Crippen LogP contribution in [-0.2, 0) is 6.54 Å². The van der Waals surface area contributed by atoms with E-state index in [0.717, 1.165) is 18.2 Å². The van der Waals surface area contributed by atoms with E-state index >= 15 is 0 Å². The number of rotatable bonds is 5. The molecule has 0 amide bonds. The maximum atomic E-state index is 12.4. The highest BCUT2D eigenvalue weighted by molar-refractivity contribution is 5.97. The Morgan fingerprint density at radius 3 is 2.00 bits per heavy atom. The minimum Gasteiger partial charge on any atom is -0.406 e. The summed E-state index contributed by atoms with van der Waals surface area (Å²) in [5.41, 5.74) is 6.15. The molecule has 0 aliphatic heterocycles. The monoisotopic (exact) mass is 378 g/mol. The molecule has 0 bridgehead atoms. The van der Waals surface area contributed by atoms with Crippen molar-refractivity contribution in [2.75, 3.05) is 0 Å². The van der Waals surface area contributed by atoms with E-state index < -0.39 is 24.2 Å². The van der Waals surface area contributed by atoms with E-state index in [1.807, 2.05) is 0 Å². The second-order valence-corrected chi connectivity index (χ2v) is 4.93. The molecule has 26 heavy (non-hydrogen) atoms. The fourth-order valence-corrected chi connectivity index (χ4v) is 1.95. The normalized spacial score (nSPS) is 12.8. The molecule has 0 aliphatic carbocycles. The quantitative estimate of drug-likeness (QED) is 0.477. The second kappa shape index (κ2) is 7.54. The molecule has 0 aromatic heterocycles. The average molecular weight is 378 g/mol. The van der Waals surface area contributed by atoms with Crippen molar-refractivity contribution < 1.29 is 35.8 Å². The number of alkyl halides is 6. The first-order chi connectivity index (χ1) is 12.0. The van der Waals surface area contributed by atoms with Gasteiger partial charge in [-0.1, -0.05) is 18.2 Å². The van der Waals surface area contributed by atoms with Crippen LogP contribution < -0.4 is 15.2 Å². The molecule has 0 heterocycles. The molecule has 0 radical (unpaired) electrons. The van der Waals surface area contributed by atoms with E-state index in [1.54, 1.807) is 0 Å². The Bertz CT molecular complexity index is 770. The van der Waals surface area contributed by atoms with Crippen molar-refractivity contribution in [2.24, 2.45) is 10.7 Å². The van der Waals surface area contributed by atoms with Crippen LogP contribution in [0.3, 0.4) is 0 Å². The molecule has 10 heteroatoms. The molecule has 0 saturated carbocycles. The van der Waals surface area contributed by atoms with Crippen LogP contribution in [0, 0.1) is 0 Å². The van der Waals surface area contributed by atoms with E-state index in [4.69, 9.17) is 5.73 Å². The van der Waals surface area contributed by atoms with Crippen LogP contribution in [0.25, 0.3) is 0 Å². The summed E-state index contributed by atoms with van der Waals surface area (Å²) in [4.78, 5) is 3.94. The number of halogens is 6. The maximum Gasteiger partial charge on any atom is 0.573 e. The smallest absolute Gasteiger partial charge is 0.406 e. The first-order valence-electron chi connectivity index (χ1n) is 7.03. The Labute approximate surface area is 143 Å². The highest BCUT2D eigenvalue weighted by Crippen LogP contribution is 2.27. The van der Waals surface area contributed by atoms with Gasteiger partial charge < -0.3 is 15.2 Å². The lowest BCUT2D eigenvalue weighted by Gasteiger charge is -2.12. The van der Waals surface area contributed by atoms with Gasteiger partial charge in [-0.05, 0) is 30.3 Å². The minimum absolute atomic E-state index is 0.0645. The Kier molecular flexibility index (Phi) is 5.63. The number of hydrogen-bond donors (Lipinski definition) is 1. The van der Waals surface area contributed by atoms with Crippen molar-refractivity contribution in [1.82, 2.24) is 0 Å². The molecule has 2 aromatic carbocycles. The largest absolute Gasteiger partial charge is 0.573 e. The molecule has 4 nitrogen and oxygen atoms in total. The van der Waals surface area contributed by atoms with Crippen LogP contribution in [0.2, 0.25) is 0 Å². The van der Waals surface area contributed by atoms with E-state index in [1.165, 1.54) is 30.3 Å². The van der Waals surface area contributed by atoms with Gasteiger partial charge in [-0.3, -0.25) is 4.99 Å². The maximum absolute atomic E-state index is 12.4. The topological polar surface area (TPSA) is 56.8 Å². The zero-order valence-electron chi connectivity index (χ0n) is 12.9. The number of ether oxygens (including phenoxy) is 2. The van der Waals surface area contributed by atoms with Gasteiger partial charge in [0, 0.05) is 11.1 Å². The Hall–Kier alpha value is -2.91. The number of benzene rings is 2. The van der Waals surface area contributed by atoms with Gasteiger partial charge >= 0.3 is 12.7 Å². The van der Waals surface area contributed by atoms with Gasteiger partial charge in [-0.15, -0.1) is 26.3 Å². The third kappa shape index (κ3) is 6.19. The summed E-state index contributed by atoms with van der Waals surface area (Å²) in [6, 6.07) is 9.99. The Morgan fingerprint density at radius 1 is 0.846 bits per heavy atom. The third-order valence-electron chi connectivity index (χ3n) is 3.00. The zero-order chi connectivity index (χ0) is 19.4. The Morgan fingerprint density at radius 2 is 1.42 bits per heavy atom. The van der Waals surface area contributed by atoms with Crippen LogP contribution >= 0.6 is 0 Å². The lowest BCUT2D eigenvalue weighted by atomic mass is 10.2. The highest BCUT2D eigenvalue weighted by atomic mass is 19.4. The summed E-state index contributed by atoms with van der Waals surface area (Å²) in [5.74, 6) is -0.909. The number of amidine groups is 1. The lowest BCUT2D eigenvalue weighted by molar-refractivity contribution is -0.275. The summed E-state index contributed by atoms with van der Waals surface area (Å²) in [6.45, 7) is -0.209. The van der Waals surface area contributed by atoms with Crippen LogP contribution in [-0.4, -0.2) is 18.6 Å². The van der Waals surface area contributed by atoms with Crippen LogP contribution in [0.5, 0.6) is 11.5 Å². The molecule has 2 rings (SSSR count). The van der Waals surface area contributed by atoms with Gasteiger partial charge in [0.05, 0.1) is 6.54 Å². The van der Waals surface area contributed by atoms with Crippen molar-refractivity contribution in [1.29, 1.82) is 0 Å². The molecule has 2 aromatic rings. The second-order valence-electron chi connectivity index (χ2n) is 4.93. The number of aliphatic imine (C=N–C) groups is 1. The molecule has 0 saturated heterocycles. The van der Waals surface area contributed by atoms with Crippen molar-refractivity contribution in [3.8, 4) is 11.5 Å². The number of nitrogens with zero attached hydrogens (tertiary/aromatic N) is 1. The first kappa shape index (κ1) is 19.4. The van der Waals surface area contributed by atoms with E-state index in [-0.39, 0.29) is 23.5 Å². The summed E-state index contributed by atoms with van der Waals surface area (Å²) in [7, 11) is 0. The SMILES string of the molecule is NC(=NCc1ccccc1OC(F)(F)F)c1ccc(OC(F)(F)F)cc1. The Balaban J connectivity index is 2.11. The predicted octanol–water partition coefficient (Wildman–Crippen LogP) is 4.39. The van der Waals surface area contributed by atoms with Crippen molar-refractivity contribution >= 4 is 5.84 Å². The molecular formula is C16H12F6N2O2. The summed E-state index contributed by atoms with van der Waals surface area (Å²) in [5, 5.41) is 0. The molecule has 0 fully saturated rings. The lowest BCUT2D eigenvalue weighted by Crippen LogP contribution is -2.18. The summed E-state index contributed by atoms with van der Waals surface area (Å²) in [6.07, 6.45) is -9.66. The van der Waals surface area contributed by atoms with Crippen molar-refractivity contribution in [2.45, 2.75) is 19.3 Å². The molecule has 0 unspecified atom stereocenters. The molecule has 0 atom stereocenters. The van der Waals surface area contributed by atoms with Crippen LogP contribution in [0.4, 0.5) is 26.3 Å². The molecule has 140 valence electrons. The zero-order valence-corrected chi connectivity index (χ0v) is 12.9. The van der Waals surface area contributed by atoms with Crippen LogP contribution in [0.1, 0.15) is 11.1 Å². The van der Waals surface area contributed by atoms with Gasteiger partial charge in [-0.2, -0.15) is 0 Å². The number of hydrogen-bond acceptors (Lipinski definition) is 3. The fraction of sp³-hybridized carbons (Fsp3) is 0.188. The third-order valence-corrected chi connectivity index (χ3v) is 3.00. The summed E-state index contributed by atoms with van der Waals surface area (Å²) >= 11 is 0. The van der Waals surface area contributed by atoms with Gasteiger partial charge in [-0.25, -0.2) is 0 Å². The van der Waals surface area contributed by atoms with E-state index in [2.05, 4.69) is 14.5 Å². The van der Waals surface area contributed by atoms with Crippen molar-refractivity contribution in [3.05, 3.63) is 59.7 Å². The molecule has 2 N–H and O–H groups in total. The van der Waals surface area contributed by atoms with Gasteiger partial charge in [0.1, 0.15) is 17.3 Å². The first-order valence-corrected chi connectivity index (χ1v) is 7.03. The minimum atomic E-state index is -4.85. The van der Waals surface area contributed by atoms with Gasteiger partial charge in [0.15, 0.2) is 0 Å². The van der Waals surface area contributed by atoms with E-state index in [9.17, 15) is 26.3 Å². The predicted molar refractivity (Wildman–Crippen MR) is 80.7 cm³/mol. The highest BCUT2D eigenvalue weighted by Gasteiger charge is 2.32. The molecule has 0 spiro atoms. The average Bonchev–Trinajstić information content (AvgIpc) is 2.51. The van der Waals surface area contributed by atoms with E-state index in [0.29, 0.717) is 0 Å². The fourth-order valence-electron chi connectivity index (χ4n) is 1.95. The van der Waals surface area contributed by atoms with Crippen LogP contribution in [0.15, 0.2) is 53.5 Å². The number of para-hydroxylation sites is 1. The molecular weight excluding hydrogens is 366 g/mol. The standard InChI is InChI=1S/C16H12F6N2O2/c17-15(18,19)25-12-7-5-10(6-8-12)14(23)24-9-11-3-1-2-4-13(11)26-16(20,21)22/h1-8H,9H2,(H2,23,24). The molecule has 0 aliphatic rings. The van der Waals surface area contributed by atoms with Gasteiger partial charge in [0.25, 0.3) is 0 Å². The summed E-state index contributed by atoms with van der Waals surface area (Å²) < 4.78 is 81.0. The number of nitrogens with two attached hydrogens (primary N) is 1.